The molecule has 1 N–H and O–H groups in total. The molecule has 2 aliphatic rings. The van der Waals surface area contributed by atoms with E-state index in [1.54, 1.807) is 0 Å². The topological polar surface area (TPSA) is 38.1 Å². The smallest absolute Gasteiger partial charge is 0.0956 e. The first kappa shape index (κ1) is 10.6. The van der Waals surface area contributed by atoms with Crippen molar-refractivity contribution >= 4 is 11.8 Å². The molecule has 0 unspecified atom stereocenters. The van der Waals surface area contributed by atoms with Gasteiger partial charge in [0.1, 0.15) is 0 Å². The standard InChI is InChI=1S/C14H14N2OS/c17-13-7-18-6-11(13)14-10-4-2-1-3-9(10)12-5-15-8-16(12)14/h1-5,8,11,13-14,17H,6-7H2/t11-,13-,14-/m1/s1. The second-order valence-corrected chi connectivity index (χ2v) is 6.06. The van der Waals surface area contributed by atoms with E-state index in [0.29, 0.717) is 5.92 Å². The molecule has 3 heterocycles. The molecule has 0 amide bonds. The lowest BCUT2D eigenvalue weighted by Crippen LogP contribution is -2.27. The molecule has 0 spiro atoms. The number of thioether (sulfide) groups is 1. The number of hydrogen-bond acceptors (Lipinski definition) is 3. The van der Waals surface area contributed by atoms with Crippen LogP contribution in [0.25, 0.3) is 11.3 Å². The zero-order chi connectivity index (χ0) is 12.1. The van der Waals surface area contributed by atoms with Crippen LogP contribution >= 0.6 is 11.8 Å². The van der Waals surface area contributed by atoms with Crippen LogP contribution in [-0.4, -0.2) is 32.3 Å². The first-order valence-electron chi connectivity index (χ1n) is 6.23. The van der Waals surface area contributed by atoms with Crippen LogP contribution in [0.5, 0.6) is 0 Å². The Morgan fingerprint density at radius 2 is 2.17 bits per heavy atom. The highest BCUT2D eigenvalue weighted by Gasteiger charge is 2.40. The Morgan fingerprint density at radius 1 is 1.28 bits per heavy atom. The molecule has 1 saturated heterocycles. The highest BCUT2D eigenvalue weighted by molar-refractivity contribution is 7.99. The van der Waals surface area contributed by atoms with E-state index < -0.39 is 0 Å². The molecule has 4 rings (SSSR count). The fourth-order valence-electron chi connectivity index (χ4n) is 3.17. The molecule has 0 bridgehead atoms. The number of aliphatic hydroxyl groups is 1. The van der Waals surface area contributed by atoms with Crippen molar-refractivity contribution in [3.63, 3.8) is 0 Å². The van der Waals surface area contributed by atoms with Gasteiger partial charge < -0.3 is 9.67 Å². The molecule has 1 aromatic carbocycles. The van der Waals surface area contributed by atoms with Gasteiger partial charge in [-0.3, -0.25) is 0 Å². The van der Waals surface area contributed by atoms with Crippen LogP contribution < -0.4 is 0 Å². The second kappa shape index (κ2) is 3.87. The SMILES string of the molecule is O[C@@H]1CSC[C@H]1[C@H]1c2ccccc2-c2cncn21. The predicted molar refractivity (Wildman–Crippen MR) is 72.6 cm³/mol. The number of fused-ring (bicyclic) bond motifs is 3. The lowest BCUT2D eigenvalue weighted by molar-refractivity contribution is 0.128. The molecule has 1 fully saturated rings. The van der Waals surface area contributed by atoms with Gasteiger partial charge in [-0.15, -0.1) is 0 Å². The Balaban J connectivity index is 1.89. The van der Waals surface area contributed by atoms with Crippen molar-refractivity contribution in [3.05, 3.63) is 42.4 Å². The summed E-state index contributed by atoms with van der Waals surface area (Å²) in [6.45, 7) is 0. The number of hydrogen-bond donors (Lipinski definition) is 1. The maximum atomic E-state index is 10.2. The van der Waals surface area contributed by atoms with Crippen LogP contribution in [-0.2, 0) is 0 Å². The highest BCUT2D eigenvalue weighted by atomic mass is 32.2. The largest absolute Gasteiger partial charge is 0.392 e. The molecule has 3 nitrogen and oxygen atoms in total. The maximum Gasteiger partial charge on any atom is 0.0956 e. The third-order valence-corrected chi connectivity index (χ3v) is 5.22. The summed E-state index contributed by atoms with van der Waals surface area (Å²) in [5, 5.41) is 10.2. The van der Waals surface area contributed by atoms with Gasteiger partial charge in [-0.1, -0.05) is 24.3 Å². The first-order chi connectivity index (χ1) is 8.86. The van der Waals surface area contributed by atoms with Gasteiger partial charge >= 0.3 is 0 Å². The fourth-order valence-corrected chi connectivity index (χ4v) is 4.47. The molecular weight excluding hydrogens is 244 g/mol. The van der Waals surface area contributed by atoms with Crippen LogP contribution in [0, 0.1) is 5.92 Å². The molecule has 92 valence electrons. The van der Waals surface area contributed by atoms with E-state index in [9.17, 15) is 5.11 Å². The first-order valence-corrected chi connectivity index (χ1v) is 7.38. The molecule has 3 atom stereocenters. The normalized spacial score (nSPS) is 29.3. The van der Waals surface area contributed by atoms with Crippen molar-refractivity contribution in [2.75, 3.05) is 11.5 Å². The minimum Gasteiger partial charge on any atom is -0.392 e. The Labute approximate surface area is 110 Å². The van der Waals surface area contributed by atoms with E-state index in [1.165, 1.54) is 16.8 Å². The van der Waals surface area contributed by atoms with Crippen molar-refractivity contribution in [2.24, 2.45) is 5.92 Å². The Kier molecular flexibility index (Phi) is 2.29. The fraction of sp³-hybridized carbons (Fsp3) is 0.357. The molecule has 4 heteroatoms. The molecule has 18 heavy (non-hydrogen) atoms. The number of nitrogens with zero attached hydrogens (tertiary/aromatic N) is 2. The quantitative estimate of drug-likeness (QED) is 0.852. The van der Waals surface area contributed by atoms with Crippen molar-refractivity contribution in [2.45, 2.75) is 12.1 Å². The van der Waals surface area contributed by atoms with Crippen molar-refractivity contribution in [3.8, 4) is 11.3 Å². The van der Waals surface area contributed by atoms with Gasteiger partial charge in [0.25, 0.3) is 0 Å². The van der Waals surface area contributed by atoms with Gasteiger partial charge in [-0.05, 0) is 5.56 Å². The monoisotopic (exact) mass is 258 g/mol. The van der Waals surface area contributed by atoms with Crippen LogP contribution in [0.2, 0.25) is 0 Å². The zero-order valence-corrected chi connectivity index (χ0v) is 10.7. The van der Waals surface area contributed by atoms with Gasteiger partial charge in [-0.2, -0.15) is 11.8 Å². The average Bonchev–Trinajstić information content (AvgIpc) is 3.05. The third kappa shape index (κ3) is 1.33. The van der Waals surface area contributed by atoms with Gasteiger partial charge in [-0.25, -0.2) is 4.98 Å². The number of benzene rings is 1. The highest BCUT2D eigenvalue weighted by Crippen LogP contribution is 2.46. The molecule has 2 aromatic rings. The third-order valence-electron chi connectivity index (χ3n) is 4.02. The molecule has 2 aliphatic heterocycles. The lowest BCUT2D eigenvalue weighted by atomic mass is 9.90. The molecule has 0 radical (unpaired) electrons. The Hall–Kier alpha value is -1.26. The van der Waals surface area contributed by atoms with Crippen molar-refractivity contribution in [1.29, 1.82) is 0 Å². The Morgan fingerprint density at radius 3 is 3.00 bits per heavy atom. The van der Waals surface area contributed by atoms with Crippen LogP contribution in [0.3, 0.4) is 0 Å². The lowest BCUT2D eigenvalue weighted by Gasteiger charge is -2.24. The summed E-state index contributed by atoms with van der Waals surface area (Å²) in [7, 11) is 0. The van der Waals surface area contributed by atoms with Crippen LogP contribution in [0.1, 0.15) is 11.6 Å². The van der Waals surface area contributed by atoms with E-state index in [0.717, 1.165) is 11.5 Å². The second-order valence-electron chi connectivity index (χ2n) is 4.99. The Bertz CT molecular complexity index is 595. The molecule has 0 saturated carbocycles. The number of aliphatic hydroxyl groups excluding tert-OH is 1. The van der Waals surface area contributed by atoms with Gasteiger partial charge in [0, 0.05) is 23.0 Å². The van der Waals surface area contributed by atoms with E-state index in [-0.39, 0.29) is 12.1 Å². The van der Waals surface area contributed by atoms with E-state index in [1.807, 2.05) is 24.3 Å². The van der Waals surface area contributed by atoms with Crippen molar-refractivity contribution in [1.82, 2.24) is 9.55 Å². The van der Waals surface area contributed by atoms with E-state index in [2.05, 4.69) is 33.8 Å². The minimum absolute atomic E-state index is 0.207. The summed E-state index contributed by atoms with van der Waals surface area (Å²) in [5.41, 5.74) is 3.78. The predicted octanol–water partition coefficient (Wildman–Crippen LogP) is 2.18. The summed E-state index contributed by atoms with van der Waals surface area (Å²) in [5.74, 6) is 2.18. The average molecular weight is 258 g/mol. The molecule has 0 aliphatic carbocycles. The van der Waals surface area contributed by atoms with Crippen LogP contribution in [0.4, 0.5) is 0 Å². The zero-order valence-electron chi connectivity index (χ0n) is 9.86. The van der Waals surface area contributed by atoms with Crippen molar-refractivity contribution < 1.29 is 5.11 Å². The van der Waals surface area contributed by atoms with E-state index in [4.69, 9.17) is 0 Å². The van der Waals surface area contributed by atoms with E-state index >= 15 is 0 Å². The van der Waals surface area contributed by atoms with Gasteiger partial charge in [0.15, 0.2) is 0 Å². The maximum absolute atomic E-state index is 10.2. The number of imidazole rings is 1. The summed E-state index contributed by atoms with van der Waals surface area (Å²) in [6, 6.07) is 8.74. The number of rotatable bonds is 1. The van der Waals surface area contributed by atoms with Gasteiger partial charge in [0.2, 0.25) is 0 Å². The summed E-state index contributed by atoms with van der Waals surface area (Å²) in [4.78, 5) is 4.26. The van der Waals surface area contributed by atoms with Crippen LogP contribution in [0.15, 0.2) is 36.8 Å². The minimum atomic E-state index is -0.207. The summed E-state index contributed by atoms with van der Waals surface area (Å²) in [6.07, 6.45) is 3.62. The van der Waals surface area contributed by atoms with Gasteiger partial charge in [0.05, 0.1) is 30.4 Å². The summed E-state index contributed by atoms with van der Waals surface area (Å²) >= 11 is 1.85. The summed E-state index contributed by atoms with van der Waals surface area (Å²) < 4.78 is 2.23. The number of aromatic nitrogens is 2. The molecule has 1 aromatic heterocycles. The molecular formula is C14H14N2OS.